The number of carbonyl (C=O) groups excluding carboxylic acids is 2. The summed E-state index contributed by atoms with van der Waals surface area (Å²) >= 11 is 7.24. The van der Waals surface area contributed by atoms with Crippen LogP contribution in [0.4, 0.5) is 17.1 Å². The highest BCUT2D eigenvalue weighted by molar-refractivity contribution is 8.00. The SMILES string of the molecule is Cc1ccc([N+](=O)[O-])cc1NC(=O)C(Sc1cccc(NC(=O)Cc2ccc(Cl)cc2)c1)c1ccccc1. The fraction of sp³-hybridized carbons (Fsp3) is 0.103. The molecular formula is C29H24ClN3O4S. The Bertz CT molecular complexity index is 1460. The number of nitrogens with zero attached hydrogens (tertiary/aromatic N) is 1. The van der Waals surface area contributed by atoms with Crippen LogP contribution in [0.2, 0.25) is 5.02 Å². The van der Waals surface area contributed by atoms with Crippen molar-refractivity contribution in [3.05, 3.63) is 129 Å². The minimum Gasteiger partial charge on any atom is -0.326 e. The van der Waals surface area contributed by atoms with Gasteiger partial charge < -0.3 is 10.6 Å². The van der Waals surface area contributed by atoms with Crippen LogP contribution in [0, 0.1) is 17.0 Å². The van der Waals surface area contributed by atoms with E-state index in [4.69, 9.17) is 11.6 Å². The maximum Gasteiger partial charge on any atom is 0.271 e. The van der Waals surface area contributed by atoms with Gasteiger partial charge >= 0.3 is 0 Å². The van der Waals surface area contributed by atoms with E-state index < -0.39 is 10.2 Å². The van der Waals surface area contributed by atoms with Gasteiger partial charge in [-0.1, -0.05) is 66.2 Å². The summed E-state index contributed by atoms with van der Waals surface area (Å²) in [6.45, 7) is 1.78. The molecule has 192 valence electrons. The molecule has 4 aromatic rings. The van der Waals surface area contributed by atoms with E-state index in [0.717, 1.165) is 16.0 Å². The summed E-state index contributed by atoms with van der Waals surface area (Å²) < 4.78 is 0. The average molecular weight is 546 g/mol. The van der Waals surface area contributed by atoms with Crippen molar-refractivity contribution in [1.82, 2.24) is 0 Å². The average Bonchev–Trinajstić information content (AvgIpc) is 2.90. The zero-order valence-electron chi connectivity index (χ0n) is 20.4. The van der Waals surface area contributed by atoms with Crippen molar-refractivity contribution >= 4 is 52.2 Å². The minimum absolute atomic E-state index is 0.100. The predicted octanol–water partition coefficient (Wildman–Crippen LogP) is 7.21. The number of hydrogen-bond acceptors (Lipinski definition) is 5. The molecule has 0 radical (unpaired) electrons. The standard InChI is InChI=1S/C29H24ClN3O4S/c1-19-10-15-24(33(36)37)18-26(19)32-29(35)28(21-6-3-2-4-7-21)38-25-9-5-8-23(17-25)31-27(34)16-20-11-13-22(30)14-12-20/h2-15,17-18,28H,16H2,1H3,(H,31,34)(H,32,35). The lowest BCUT2D eigenvalue weighted by molar-refractivity contribution is -0.384. The molecule has 0 heterocycles. The van der Waals surface area contributed by atoms with Crippen molar-refractivity contribution in [1.29, 1.82) is 0 Å². The zero-order chi connectivity index (χ0) is 27.1. The predicted molar refractivity (Wildman–Crippen MR) is 152 cm³/mol. The first-order valence-corrected chi connectivity index (χ1v) is 13.0. The first kappa shape index (κ1) is 26.9. The summed E-state index contributed by atoms with van der Waals surface area (Å²) in [7, 11) is 0. The number of thioether (sulfide) groups is 1. The summed E-state index contributed by atoms with van der Waals surface area (Å²) in [6, 6.07) is 28.0. The number of anilines is 2. The Kier molecular flexibility index (Phi) is 8.78. The topological polar surface area (TPSA) is 101 Å². The summed E-state index contributed by atoms with van der Waals surface area (Å²) in [5, 5.41) is 16.9. The highest BCUT2D eigenvalue weighted by atomic mass is 35.5. The van der Waals surface area contributed by atoms with Crippen LogP contribution in [-0.4, -0.2) is 16.7 Å². The molecule has 0 bridgehead atoms. The van der Waals surface area contributed by atoms with Crippen LogP contribution >= 0.6 is 23.4 Å². The molecule has 1 atom stereocenters. The Morgan fingerprint density at radius 1 is 0.921 bits per heavy atom. The lowest BCUT2D eigenvalue weighted by Crippen LogP contribution is -2.19. The molecule has 0 fully saturated rings. The fourth-order valence-corrected chi connectivity index (χ4v) is 4.94. The molecule has 0 aliphatic carbocycles. The molecule has 38 heavy (non-hydrogen) atoms. The van der Waals surface area contributed by atoms with Gasteiger partial charge in [-0.05, 0) is 53.9 Å². The number of nitro groups is 1. The number of non-ortho nitro benzene ring substituents is 1. The third-order valence-corrected chi connectivity index (χ3v) is 7.18. The lowest BCUT2D eigenvalue weighted by atomic mass is 10.1. The van der Waals surface area contributed by atoms with Crippen molar-refractivity contribution in [3.63, 3.8) is 0 Å². The zero-order valence-corrected chi connectivity index (χ0v) is 22.0. The minimum atomic E-state index is -0.644. The molecule has 2 amide bonds. The Balaban J connectivity index is 1.52. The van der Waals surface area contributed by atoms with E-state index in [0.29, 0.717) is 22.0 Å². The van der Waals surface area contributed by atoms with Crippen molar-refractivity contribution in [2.75, 3.05) is 10.6 Å². The van der Waals surface area contributed by atoms with Crippen LogP contribution < -0.4 is 10.6 Å². The molecule has 4 aromatic carbocycles. The van der Waals surface area contributed by atoms with Gasteiger partial charge in [0.25, 0.3) is 5.69 Å². The van der Waals surface area contributed by atoms with E-state index in [2.05, 4.69) is 10.6 Å². The van der Waals surface area contributed by atoms with Crippen molar-refractivity contribution in [2.45, 2.75) is 23.5 Å². The number of aryl methyl sites for hydroxylation is 1. The number of amides is 2. The van der Waals surface area contributed by atoms with Crippen LogP contribution in [0.1, 0.15) is 21.9 Å². The largest absolute Gasteiger partial charge is 0.326 e. The fourth-order valence-electron chi connectivity index (χ4n) is 3.73. The second-order valence-corrected chi connectivity index (χ2v) is 10.1. The highest BCUT2D eigenvalue weighted by Gasteiger charge is 2.23. The normalized spacial score (nSPS) is 11.4. The number of hydrogen-bond donors (Lipinski definition) is 2. The molecular weight excluding hydrogens is 522 g/mol. The molecule has 2 N–H and O–H groups in total. The second kappa shape index (κ2) is 12.4. The molecule has 0 saturated heterocycles. The van der Waals surface area contributed by atoms with Crippen LogP contribution in [0.3, 0.4) is 0 Å². The number of halogens is 1. The number of nitro benzene ring substituents is 1. The third kappa shape index (κ3) is 7.21. The molecule has 0 aliphatic rings. The molecule has 1 unspecified atom stereocenters. The van der Waals surface area contributed by atoms with Gasteiger partial charge in [0.2, 0.25) is 11.8 Å². The van der Waals surface area contributed by atoms with Crippen LogP contribution in [0.15, 0.2) is 102 Å². The summed E-state index contributed by atoms with van der Waals surface area (Å²) in [4.78, 5) is 37.5. The third-order valence-electron chi connectivity index (χ3n) is 5.68. The van der Waals surface area contributed by atoms with E-state index in [1.807, 2.05) is 48.5 Å². The monoisotopic (exact) mass is 545 g/mol. The van der Waals surface area contributed by atoms with Gasteiger partial charge in [-0.3, -0.25) is 19.7 Å². The highest BCUT2D eigenvalue weighted by Crippen LogP contribution is 2.37. The first-order chi connectivity index (χ1) is 18.3. The van der Waals surface area contributed by atoms with Gasteiger partial charge in [0.05, 0.1) is 17.0 Å². The van der Waals surface area contributed by atoms with Crippen LogP contribution in [0.5, 0.6) is 0 Å². The Labute approximate surface area is 229 Å². The van der Waals surface area contributed by atoms with Crippen molar-refractivity contribution < 1.29 is 14.5 Å². The van der Waals surface area contributed by atoms with Crippen molar-refractivity contribution in [3.8, 4) is 0 Å². The van der Waals surface area contributed by atoms with Gasteiger partial charge in [-0.15, -0.1) is 11.8 Å². The van der Waals surface area contributed by atoms with Gasteiger partial charge in [-0.25, -0.2) is 0 Å². The maximum absolute atomic E-state index is 13.5. The van der Waals surface area contributed by atoms with Crippen molar-refractivity contribution in [2.24, 2.45) is 0 Å². The first-order valence-electron chi connectivity index (χ1n) is 11.7. The molecule has 0 aliphatic heterocycles. The molecule has 9 heteroatoms. The maximum atomic E-state index is 13.5. The molecule has 0 spiro atoms. The van der Waals surface area contributed by atoms with Crippen LogP contribution in [-0.2, 0) is 16.0 Å². The molecule has 0 aromatic heterocycles. The second-order valence-electron chi connectivity index (χ2n) is 8.53. The Hall–Kier alpha value is -4.14. The van der Waals surface area contributed by atoms with E-state index in [1.165, 1.54) is 23.9 Å². The Morgan fingerprint density at radius 2 is 1.66 bits per heavy atom. The van der Waals surface area contributed by atoms with Gasteiger partial charge in [0.15, 0.2) is 0 Å². The molecule has 4 rings (SSSR count). The molecule has 0 saturated carbocycles. The van der Waals surface area contributed by atoms with E-state index in [9.17, 15) is 19.7 Å². The summed E-state index contributed by atoms with van der Waals surface area (Å²) in [5.41, 5.74) is 3.22. The van der Waals surface area contributed by atoms with E-state index >= 15 is 0 Å². The summed E-state index contributed by atoms with van der Waals surface area (Å²) in [5.74, 6) is -0.491. The number of benzene rings is 4. The lowest BCUT2D eigenvalue weighted by Gasteiger charge is -2.18. The Morgan fingerprint density at radius 3 is 2.37 bits per heavy atom. The number of carbonyl (C=O) groups is 2. The van der Waals surface area contributed by atoms with Crippen LogP contribution in [0.25, 0.3) is 0 Å². The van der Waals surface area contributed by atoms with Gasteiger partial charge in [0, 0.05) is 27.7 Å². The number of rotatable bonds is 9. The van der Waals surface area contributed by atoms with Gasteiger partial charge in [0.1, 0.15) is 5.25 Å². The summed E-state index contributed by atoms with van der Waals surface area (Å²) in [6.07, 6.45) is 0.201. The quantitative estimate of drug-likeness (QED) is 0.131. The van der Waals surface area contributed by atoms with E-state index in [1.54, 1.807) is 43.3 Å². The molecule has 7 nitrogen and oxygen atoms in total. The number of nitrogens with one attached hydrogen (secondary N) is 2. The van der Waals surface area contributed by atoms with E-state index in [-0.39, 0.29) is 23.9 Å². The van der Waals surface area contributed by atoms with Gasteiger partial charge in [-0.2, -0.15) is 0 Å². The smallest absolute Gasteiger partial charge is 0.271 e.